The molecule has 1 atom stereocenters. The van der Waals surface area contributed by atoms with E-state index in [1.807, 2.05) is 16.7 Å². The van der Waals surface area contributed by atoms with Gasteiger partial charge in [0, 0.05) is 41.6 Å². The van der Waals surface area contributed by atoms with Crippen LogP contribution in [0.3, 0.4) is 0 Å². The van der Waals surface area contributed by atoms with E-state index in [1.54, 1.807) is 16.7 Å². The van der Waals surface area contributed by atoms with E-state index in [-0.39, 0.29) is 23.2 Å². The van der Waals surface area contributed by atoms with Gasteiger partial charge < -0.3 is 14.9 Å². The molecule has 0 saturated carbocycles. The molecule has 2 amide bonds. The second-order valence-electron chi connectivity index (χ2n) is 6.15. The highest BCUT2D eigenvalue weighted by Crippen LogP contribution is 2.31. The number of carbonyl (C=O) groups excluding carboxylic acids is 1. The fourth-order valence-electron chi connectivity index (χ4n) is 2.67. The van der Waals surface area contributed by atoms with Crippen LogP contribution in [0.1, 0.15) is 26.7 Å². The van der Waals surface area contributed by atoms with Gasteiger partial charge in [0.25, 0.3) is 0 Å². The van der Waals surface area contributed by atoms with E-state index in [0.717, 1.165) is 36.8 Å². The lowest BCUT2D eigenvalue weighted by molar-refractivity contribution is -0.138. The van der Waals surface area contributed by atoms with Gasteiger partial charge in [-0.3, -0.25) is 4.79 Å². The molecular formula is C14H24N2O3S2. The van der Waals surface area contributed by atoms with E-state index in [9.17, 15) is 9.59 Å². The van der Waals surface area contributed by atoms with Crippen LogP contribution in [-0.2, 0) is 4.79 Å². The van der Waals surface area contributed by atoms with Crippen LogP contribution in [0.25, 0.3) is 0 Å². The van der Waals surface area contributed by atoms with Gasteiger partial charge in [-0.05, 0) is 6.42 Å². The molecule has 2 heterocycles. The van der Waals surface area contributed by atoms with Crippen LogP contribution >= 0.6 is 23.5 Å². The Hall–Kier alpha value is -0.560. The predicted octanol–water partition coefficient (Wildman–Crippen LogP) is 2.22. The Bertz CT molecular complexity index is 404. The molecule has 0 aromatic rings. The summed E-state index contributed by atoms with van der Waals surface area (Å²) in [5, 5.41) is 9.03. The zero-order valence-corrected chi connectivity index (χ0v) is 14.3. The van der Waals surface area contributed by atoms with E-state index in [4.69, 9.17) is 5.11 Å². The van der Waals surface area contributed by atoms with Crippen molar-refractivity contribution in [3.05, 3.63) is 0 Å². The molecule has 21 heavy (non-hydrogen) atoms. The van der Waals surface area contributed by atoms with Crippen molar-refractivity contribution in [2.24, 2.45) is 0 Å². The molecular weight excluding hydrogens is 308 g/mol. The molecule has 120 valence electrons. The summed E-state index contributed by atoms with van der Waals surface area (Å²) in [7, 11) is 0. The first kappa shape index (κ1) is 16.8. The third-order valence-corrected chi connectivity index (χ3v) is 6.46. The number of aliphatic carboxylic acids is 1. The summed E-state index contributed by atoms with van der Waals surface area (Å²) in [6, 6.07) is -0.141. The Kier molecular flexibility index (Phi) is 5.71. The standard InChI is InChI=1S/C14H24N2O3S2/c1-14(2)3-4-15(5-8-21-14)13(19)16-6-7-20-10-11(16)9-12(17)18/h11H,3-10H2,1-2H3,(H,17,18). The number of carbonyl (C=O) groups is 2. The second kappa shape index (κ2) is 7.13. The van der Waals surface area contributed by atoms with Crippen molar-refractivity contribution in [1.82, 2.24) is 9.80 Å². The molecule has 0 aromatic heterocycles. The summed E-state index contributed by atoms with van der Waals surface area (Å²) >= 11 is 3.65. The van der Waals surface area contributed by atoms with Gasteiger partial charge in [0.2, 0.25) is 0 Å². The molecule has 0 aromatic carbocycles. The molecule has 2 aliphatic heterocycles. The number of nitrogens with zero attached hydrogens (tertiary/aromatic N) is 2. The minimum atomic E-state index is -0.826. The molecule has 0 spiro atoms. The SMILES string of the molecule is CC1(C)CCN(C(=O)N2CCSCC2CC(=O)O)CCS1. The van der Waals surface area contributed by atoms with Crippen molar-refractivity contribution in [3.63, 3.8) is 0 Å². The fraction of sp³-hybridized carbons (Fsp3) is 0.857. The first-order valence-corrected chi connectivity index (χ1v) is 9.52. The third-order valence-electron chi connectivity index (χ3n) is 3.99. The molecule has 1 N–H and O–H groups in total. The molecule has 2 rings (SSSR count). The van der Waals surface area contributed by atoms with E-state index < -0.39 is 5.97 Å². The minimum absolute atomic E-state index is 0.0276. The van der Waals surface area contributed by atoms with Crippen LogP contribution in [-0.4, -0.2) is 74.6 Å². The summed E-state index contributed by atoms with van der Waals surface area (Å²) in [4.78, 5) is 27.4. The Labute approximate surface area is 134 Å². The molecule has 0 aliphatic carbocycles. The molecule has 2 fully saturated rings. The van der Waals surface area contributed by atoms with E-state index in [0.29, 0.717) is 6.54 Å². The molecule has 7 heteroatoms. The van der Waals surface area contributed by atoms with Gasteiger partial charge >= 0.3 is 12.0 Å². The smallest absolute Gasteiger partial charge is 0.320 e. The van der Waals surface area contributed by atoms with Gasteiger partial charge in [0.15, 0.2) is 0 Å². The Morgan fingerprint density at radius 2 is 2.00 bits per heavy atom. The van der Waals surface area contributed by atoms with Crippen LogP contribution < -0.4 is 0 Å². The topological polar surface area (TPSA) is 60.9 Å². The van der Waals surface area contributed by atoms with Crippen molar-refractivity contribution in [2.75, 3.05) is 36.9 Å². The first-order chi connectivity index (χ1) is 9.89. The number of hydrogen-bond acceptors (Lipinski definition) is 4. The average Bonchev–Trinajstić information content (AvgIpc) is 2.59. The van der Waals surface area contributed by atoms with Crippen LogP contribution in [0.2, 0.25) is 0 Å². The lowest BCUT2D eigenvalue weighted by Crippen LogP contribution is -2.53. The number of urea groups is 1. The van der Waals surface area contributed by atoms with E-state index >= 15 is 0 Å². The largest absolute Gasteiger partial charge is 0.481 e. The minimum Gasteiger partial charge on any atom is -0.481 e. The summed E-state index contributed by atoms with van der Waals surface area (Å²) in [6.45, 7) is 6.62. The summed E-state index contributed by atoms with van der Waals surface area (Å²) < 4.78 is 0.216. The van der Waals surface area contributed by atoms with Crippen LogP contribution in [0.5, 0.6) is 0 Å². The Balaban J connectivity index is 2.01. The van der Waals surface area contributed by atoms with Gasteiger partial charge in [-0.15, -0.1) is 0 Å². The maximum absolute atomic E-state index is 12.7. The van der Waals surface area contributed by atoms with Gasteiger partial charge in [-0.2, -0.15) is 23.5 Å². The van der Waals surface area contributed by atoms with Gasteiger partial charge in [-0.25, -0.2) is 4.79 Å². The zero-order valence-electron chi connectivity index (χ0n) is 12.7. The Morgan fingerprint density at radius 3 is 2.71 bits per heavy atom. The third kappa shape index (κ3) is 4.71. The normalized spacial score (nSPS) is 26.3. The van der Waals surface area contributed by atoms with E-state index in [1.165, 1.54) is 0 Å². The lowest BCUT2D eigenvalue weighted by atomic mass is 10.1. The number of carboxylic acids is 1. The molecule has 5 nitrogen and oxygen atoms in total. The maximum Gasteiger partial charge on any atom is 0.320 e. The molecule has 0 radical (unpaired) electrons. The zero-order chi connectivity index (χ0) is 15.5. The Morgan fingerprint density at radius 1 is 1.24 bits per heavy atom. The van der Waals surface area contributed by atoms with Crippen LogP contribution in [0.15, 0.2) is 0 Å². The maximum atomic E-state index is 12.7. The van der Waals surface area contributed by atoms with E-state index in [2.05, 4.69) is 13.8 Å². The summed E-state index contributed by atoms with van der Waals surface area (Å²) in [6.07, 6.45) is 1.03. The van der Waals surface area contributed by atoms with Crippen molar-refractivity contribution in [3.8, 4) is 0 Å². The van der Waals surface area contributed by atoms with Gasteiger partial charge in [0.1, 0.15) is 0 Å². The first-order valence-electron chi connectivity index (χ1n) is 7.38. The number of thioether (sulfide) groups is 2. The highest BCUT2D eigenvalue weighted by atomic mass is 32.2. The predicted molar refractivity (Wildman–Crippen MR) is 88.2 cm³/mol. The monoisotopic (exact) mass is 332 g/mol. The quantitative estimate of drug-likeness (QED) is 0.840. The molecule has 1 unspecified atom stereocenters. The van der Waals surface area contributed by atoms with Gasteiger partial charge in [0.05, 0.1) is 12.5 Å². The van der Waals surface area contributed by atoms with Crippen molar-refractivity contribution < 1.29 is 14.7 Å². The number of carboxylic acid groups (broad SMARTS) is 1. The highest BCUT2D eigenvalue weighted by Gasteiger charge is 2.33. The lowest BCUT2D eigenvalue weighted by Gasteiger charge is -2.38. The van der Waals surface area contributed by atoms with Crippen molar-refractivity contribution >= 4 is 35.5 Å². The molecule has 2 aliphatic rings. The second-order valence-corrected chi connectivity index (χ2v) is 9.10. The van der Waals surface area contributed by atoms with Gasteiger partial charge in [-0.1, -0.05) is 13.8 Å². The average molecular weight is 332 g/mol. The summed E-state index contributed by atoms with van der Waals surface area (Å²) in [5.74, 6) is 1.75. The van der Waals surface area contributed by atoms with Crippen LogP contribution in [0, 0.1) is 0 Å². The fourth-order valence-corrected chi connectivity index (χ4v) is 4.83. The highest BCUT2D eigenvalue weighted by molar-refractivity contribution is 8.00. The molecule has 2 saturated heterocycles. The number of amides is 2. The van der Waals surface area contributed by atoms with Crippen molar-refractivity contribution in [1.29, 1.82) is 0 Å². The summed E-state index contributed by atoms with van der Waals surface area (Å²) in [5.41, 5.74) is 0. The number of rotatable bonds is 2. The number of hydrogen-bond donors (Lipinski definition) is 1. The van der Waals surface area contributed by atoms with Crippen molar-refractivity contribution in [2.45, 2.75) is 37.5 Å². The molecule has 0 bridgehead atoms. The van der Waals surface area contributed by atoms with Crippen LogP contribution in [0.4, 0.5) is 4.79 Å².